The summed E-state index contributed by atoms with van der Waals surface area (Å²) in [7, 11) is -4.19. The maximum atomic E-state index is 15.6. The Balaban J connectivity index is 1.33. The number of hydrogen-bond acceptors (Lipinski definition) is 8. The molecule has 8 nitrogen and oxygen atoms in total. The van der Waals surface area contributed by atoms with Gasteiger partial charge >= 0.3 is 7.82 Å². The van der Waals surface area contributed by atoms with Gasteiger partial charge in [-0.1, -0.05) is 164 Å². The van der Waals surface area contributed by atoms with E-state index < -0.39 is 36.4 Å². The molecule has 0 saturated heterocycles. The van der Waals surface area contributed by atoms with Crippen LogP contribution in [0.2, 0.25) is 0 Å². The third-order valence-electron chi connectivity index (χ3n) is 10.4. The molecular formula is C50H45O8P. The Morgan fingerprint density at radius 3 is 1.34 bits per heavy atom. The lowest BCUT2D eigenvalue weighted by atomic mass is 9.60. The summed E-state index contributed by atoms with van der Waals surface area (Å²) >= 11 is 0. The highest BCUT2D eigenvalue weighted by molar-refractivity contribution is 7.48. The molecule has 0 bridgehead atoms. The van der Waals surface area contributed by atoms with Crippen LogP contribution in [0.5, 0.6) is 23.0 Å². The molecule has 0 heterocycles. The van der Waals surface area contributed by atoms with Gasteiger partial charge in [0.05, 0.1) is 13.2 Å². The summed E-state index contributed by atoms with van der Waals surface area (Å²) in [6.07, 6.45) is 0.852. The van der Waals surface area contributed by atoms with Crippen LogP contribution in [0.3, 0.4) is 0 Å². The number of phenols is 3. The fraction of sp³-hybridized carbons (Fsp3) is 0.140. The fourth-order valence-electron chi connectivity index (χ4n) is 7.54. The first-order valence-electron chi connectivity index (χ1n) is 19.4. The van der Waals surface area contributed by atoms with Crippen molar-refractivity contribution in [1.29, 1.82) is 0 Å². The third kappa shape index (κ3) is 10.4. The van der Waals surface area contributed by atoms with Gasteiger partial charge in [0.2, 0.25) is 0 Å². The van der Waals surface area contributed by atoms with Crippen molar-refractivity contribution in [2.75, 3.05) is 0 Å². The largest absolute Gasteiger partial charge is 0.530 e. The molecule has 0 amide bonds. The van der Waals surface area contributed by atoms with Crippen molar-refractivity contribution in [3.05, 3.63) is 227 Å². The van der Waals surface area contributed by atoms with Crippen LogP contribution in [-0.2, 0) is 46.1 Å². The van der Waals surface area contributed by atoms with Crippen LogP contribution in [0, 0.1) is 5.41 Å². The Hall–Kier alpha value is -6.44. The lowest BCUT2D eigenvalue weighted by Gasteiger charge is -2.41. The summed E-state index contributed by atoms with van der Waals surface area (Å²) in [5.74, 6) is -2.26. The fourth-order valence-corrected chi connectivity index (χ4v) is 8.72. The first kappa shape index (κ1) is 40.7. The molecule has 3 N–H and O–H groups in total. The molecule has 59 heavy (non-hydrogen) atoms. The van der Waals surface area contributed by atoms with E-state index in [1.54, 1.807) is 12.1 Å². The summed E-state index contributed by atoms with van der Waals surface area (Å²) in [6.45, 7) is -0.0185. The second kappa shape index (κ2) is 18.9. The van der Waals surface area contributed by atoms with E-state index in [-0.39, 0.29) is 43.1 Å². The molecule has 0 spiro atoms. The zero-order valence-corrected chi connectivity index (χ0v) is 33.2. The maximum absolute atomic E-state index is 15.6. The zero-order chi connectivity index (χ0) is 41.1. The zero-order valence-electron chi connectivity index (χ0n) is 32.3. The smallest absolute Gasteiger partial charge is 0.508 e. The number of benzene rings is 7. The predicted octanol–water partition coefficient (Wildman–Crippen LogP) is 11.4. The molecule has 7 aromatic carbocycles. The van der Waals surface area contributed by atoms with Crippen molar-refractivity contribution in [3.8, 4) is 23.0 Å². The lowest BCUT2D eigenvalue weighted by molar-refractivity contribution is 0.0726. The van der Waals surface area contributed by atoms with Crippen LogP contribution >= 0.6 is 7.82 Å². The van der Waals surface area contributed by atoms with Crippen LogP contribution in [0.4, 0.5) is 0 Å². The van der Waals surface area contributed by atoms with Crippen molar-refractivity contribution in [2.45, 2.75) is 38.4 Å². The van der Waals surface area contributed by atoms with Crippen molar-refractivity contribution in [2.24, 2.45) is 5.41 Å². The van der Waals surface area contributed by atoms with Gasteiger partial charge in [-0.15, -0.1) is 0 Å². The number of ketones is 1. The van der Waals surface area contributed by atoms with Crippen molar-refractivity contribution in [1.82, 2.24) is 0 Å². The molecule has 1 atom stereocenters. The molecule has 298 valence electrons. The molecule has 7 rings (SSSR count). The van der Waals surface area contributed by atoms with Crippen LogP contribution in [0.1, 0.15) is 49.7 Å². The Kier molecular flexibility index (Phi) is 13.0. The number of phosphoric acid groups is 1. The quantitative estimate of drug-likeness (QED) is 0.0579. The SMILES string of the molecule is O=C(c1c(O)cc(O)cc1O)C(Cc1ccccc1)(Cc1ccccc1)C(Cc1ccccc1)c1ccc(OP(=O)(OCc2ccccc2)OCc2ccccc2)cc1. The van der Waals surface area contributed by atoms with Crippen LogP contribution in [-0.4, -0.2) is 21.1 Å². The predicted molar refractivity (Wildman–Crippen MR) is 229 cm³/mol. The van der Waals surface area contributed by atoms with E-state index in [1.807, 2.05) is 164 Å². The average Bonchev–Trinajstić information content (AvgIpc) is 3.26. The van der Waals surface area contributed by atoms with E-state index >= 15 is 4.79 Å². The Morgan fingerprint density at radius 1 is 0.525 bits per heavy atom. The Bertz CT molecular complexity index is 2350. The molecule has 0 radical (unpaired) electrons. The first-order valence-corrected chi connectivity index (χ1v) is 20.8. The summed E-state index contributed by atoms with van der Waals surface area (Å²) < 4.78 is 32.2. The molecule has 0 fully saturated rings. The topological polar surface area (TPSA) is 123 Å². The molecule has 0 saturated carbocycles. The van der Waals surface area contributed by atoms with Crippen LogP contribution < -0.4 is 4.52 Å². The van der Waals surface area contributed by atoms with Gasteiger partial charge in [0.1, 0.15) is 28.6 Å². The number of carbonyl (C=O) groups excluding carboxylic acids is 1. The Labute approximate surface area is 344 Å². The van der Waals surface area contributed by atoms with E-state index in [2.05, 4.69) is 0 Å². The van der Waals surface area contributed by atoms with Crippen molar-refractivity contribution < 1.29 is 38.3 Å². The normalized spacial score (nSPS) is 12.1. The van der Waals surface area contributed by atoms with E-state index in [4.69, 9.17) is 13.6 Å². The van der Waals surface area contributed by atoms with Crippen molar-refractivity contribution in [3.63, 3.8) is 0 Å². The molecule has 0 aromatic heterocycles. The van der Waals surface area contributed by atoms with Gasteiger partial charge in [-0.05, 0) is 64.8 Å². The third-order valence-corrected chi connectivity index (χ3v) is 11.7. The van der Waals surface area contributed by atoms with Gasteiger partial charge in [0, 0.05) is 23.5 Å². The monoisotopic (exact) mass is 804 g/mol. The molecule has 0 aliphatic carbocycles. The second-order valence-corrected chi connectivity index (χ2v) is 16.1. The summed E-state index contributed by atoms with van der Waals surface area (Å²) in [6, 6.07) is 57.0. The highest BCUT2D eigenvalue weighted by atomic mass is 31.2. The minimum Gasteiger partial charge on any atom is -0.508 e. The van der Waals surface area contributed by atoms with Gasteiger partial charge in [-0.3, -0.25) is 13.8 Å². The van der Waals surface area contributed by atoms with E-state index in [0.29, 0.717) is 6.42 Å². The van der Waals surface area contributed by atoms with Gasteiger partial charge in [-0.25, -0.2) is 4.57 Å². The minimum absolute atomic E-state index is 0.00923. The number of aromatic hydroxyl groups is 3. The second-order valence-electron chi connectivity index (χ2n) is 14.5. The summed E-state index contributed by atoms with van der Waals surface area (Å²) in [5.41, 5.74) is 3.44. The lowest BCUT2D eigenvalue weighted by Crippen LogP contribution is -2.43. The molecule has 7 aromatic rings. The first-order chi connectivity index (χ1) is 28.7. The van der Waals surface area contributed by atoms with E-state index in [0.717, 1.165) is 45.5 Å². The molecule has 9 heteroatoms. The molecule has 0 aliphatic rings. The molecule has 0 aliphatic heterocycles. The summed E-state index contributed by atoms with van der Waals surface area (Å²) in [4.78, 5) is 15.6. The van der Waals surface area contributed by atoms with Gasteiger partial charge < -0.3 is 19.8 Å². The number of phenolic OH excluding ortho intramolecular Hbond substituents is 3. The molecule has 1 unspecified atom stereocenters. The number of phosphoric ester groups is 1. The van der Waals surface area contributed by atoms with Gasteiger partial charge in [0.25, 0.3) is 0 Å². The van der Waals surface area contributed by atoms with E-state index in [9.17, 15) is 19.9 Å². The van der Waals surface area contributed by atoms with Crippen LogP contribution in [0.25, 0.3) is 0 Å². The highest BCUT2D eigenvalue weighted by Crippen LogP contribution is 2.53. The number of rotatable bonds is 18. The average molecular weight is 805 g/mol. The van der Waals surface area contributed by atoms with Crippen molar-refractivity contribution >= 4 is 13.6 Å². The van der Waals surface area contributed by atoms with Crippen LogP contribution in [0.15, 0.2) is 188 Å². The van der Waals surface area contributed by atoms with E-state index in [1.165, 1.54) is 0 Å². The number of hydrogen-bond donors (Lipinski definition) is 3. The maximum Gasteiger partial charge on any atom is 0.530 e. The summed E-state index contributed by atoms with van der Waals surface area (Å²) in [5, 5.41) is 32.8. The molecular weight excluding hydrogens is 760 g/mol. The minimum atomic E-state index is -4.19. The Morgan fingerprint density at radius 2 is 0.915 bits per heavy atom. The number of carbonyl (C=O) groups is 1. The standard InChI is InChI=1S/C50H45O8P/c51-43-31-46(52)48(47(53)32-43)49(54)50(33-38-18-8-2-9-19-38,34-39-20-10-3-11-21-39)45(30-37-16-6-1-7-17-37)42-26-28-44(29-27-42)58-59(55,56-35-40-22-12-4-13-23-40)57-36-41-24-14-5-15-25-41/h1-29,31-32,45,51-53H,30,33-36H2. The van der Waals surface area contributed by atoms with Gasteiger partial charge in [-0.2, -0.15) is 0 Å². The number of Topliss-reactive ketones (excluding diaryl/α,β-unsaturated/α-hetero) is 1. The highest BCUT2D eigenvalue weighted by Gasteiger charge is 2.48. The van der Waals surface area contributed by atoms with Gasteiger partial charge in [0.15, 0.2) is 5.78 Å².